The topological polar surface area (TPSA) is 49.8 Å². The van der Waals surface area contributed by atoms with Crippen LogP contribution >= 0.6 is 0 Å². The first kappa shape index (κ1) is 12.9. The van der Waals surface area contributed by atoms with E-state index < -0.39 is 5.97 Å². The van der Waals surface area contributed by atoms with Crippen LogP contribution in [-0.2, 0) is 11.3 Å². The lowest BCUT2D eigenvalue weighted by Crippen LogP contribution is -2.38. The molecule has 0 radical (unpaired) electrons. The average molecular weight is 249 g/mol. The average Bonchev–Trinajstić information content (AvgIpc) is 2.39. The zero-order chi connectivity index (χ0) is 13.0. The van der Waals surface area contributed by atoms with Gasteiger partial charge in [-0.05, 0) is 37.1 Å². The van der Waals surface area contributed by atoms with E-state index in [-0.39, 0.29) is 5.92 Å². The minimum atomic E-state index is -0.676. The first-order valence-corrected chi connectivity index (χ1v) is 6.27. The van der Waals surface area contributed by atoms with Crippen molar-refractivity contribution < 1.29 is 14.6 Å². The molecule has 1 unspecified atom stereocenters. The van der Waals surface area contributed by atoms with Crippen molar-refractivity contribution in [2.24, 2.45) is 5.92 Å². The smallest absolute Gasteiger partial charge is 0.307 e. The van der Waals surface area contributed by atoms with Gasteiger partial charge in [-0.15, -0.1) is 0 Å². The van der Waals surface area contributed by atoms with Gasteiger partial charge < -0.3 is 9.84 Å². The lowest BCUT2D eigenvalue weighted by Gasteiger charge is -2.30. The van der Waals surface area contributed by atoms with Gasteiger partial charge in [-0.3, -0.25) is 9.69 Å². The van der Waals surface area contributed by atoms with Gasteiger partial charge in [0, 0.05) is 13.1 Å². The fraction of sp³-hybridized carbons (Fsp3) is 0.500. The summed E-state index contributed by atoms with van der Waals surface area (Å²) in [5.41, 5.74) is 1.17. The number of piperidine rings is 1. The molecule has 0 spiro atoms. The van der Waals surface area contributed by atoms with Gasteiger partial charge >= 0.3 is 5.97 Å². The van der Waals surface area contributed by atoms with Crippen LogP contribution in [0, 0.1) is 5.92 Å². The Hall–Kier alpha value is -1.55. The highest BCUT2D eigenvalue weighted by Gasteiger charge is 2.25. The molecule has 0 aliphatic carbocycles. The van der Waals surface area contributed by atoms with Gasteiger partial charge in [0.2, 0.25) is 0 Å². The van der Waals surface area contributed by atoms with Crippen LogP contribution in [0.4, 0.5) is 0 Å². The summed E-state index contributed by atoms with van der Waals surface area (Å²) in [7, 11) is 1.65. The molecule has 1 atom stereocenters. The van der Waals surface area contributed by atoms with E-state index in [0.717, 1.165) is 31.7 Å². The van der Waals surface area contributed by atoms with E-state index in [1.54, 1.807) is 7.11 Å². The maximum atomic E-state index is 11.0. The largest absolute Gasteiger partial charge is 0.497 e. The van der Waals surface area contributed by atoms with Crippen LogP contribution in [0.15, 0.2) is 24.3 Å². The number of aliphatic carboxylic acids is 1. The third-order valence-electron chi connectivity index (χ3n) is 3.40. The van der Waals surface area contributed by atoms with Gasteiger partial charge in [-0.1, -0.05) is 12.1 Å². The van der Waals surface area contributed by atoms with Gasteiger partial charge in [0.15, 0.2) is 0 Å². The number of carboxylic acids is 1. The number of rotatable bonds is 4. The van der Waals surface area contributed by atoms with Gasteiger partial charge in [-0.25, -0.2) is 0 Å². The van der Waals surface area contributed by atoms with Gasteiger partial charge in [0.05, 0.1) is 13.0 Å². The normalized spacial score (nSPS) is 20.6. The maximum absolute atomic E-state index is 11.0. The molecule has 0 bridgehead atoms. The first-order chi connectivity index (χ1) is 8.69. The Morgan fingerprint density at radius 1 is 1.56 bits per heavy atom. The molecule has 0 saturated carbocycles. The van der Waals surface area contributed by atoms with Crippen molar-refractivity contribution in [2.45, 2.75) is 19.4 Å². The van der Waals surface area contributed by atoms with Gasteiger partial charge in [0.25, 0.3) is 0 Å². The van der Waals surface area contributed by atoms with Crippen LogP contribution in [0.5, 0.6) is 5.75 Å². The van der Waals surface area contributed by atoms with Crippen LogP contribution in [-0.4, -0.2) is 36.2 Å². The molecule has 1 aromatic rings. The minimum absolute atomic E-state index is 0.218. The van der Waals surface area contributed by atoms with E-state index in [1.165, 1.54) is 5.56 Å². The predicted octanol–water partition coefficient (Wildman–Crippen LogP) is 1.99. The van der Waals surface area contributed by atoms with E-state index in [1.807, 2.05) is 24.3 Å². The molecule has 1 heterocycles. The van der Waals surface area contributed by atoms with Crippen molar-refractivity contribution in [1.82, 2.24) is 4.90 Å². The summed E-state index contributed by atoms with van der Waals surface area (Å²) >= 11 is 0. The summed E-state index contributed by atoms with van der Waals surface area (Å²) in [6.45, 7) is 2.41. The number of hydrogen-bond donors (Lipinski definition) is 1. The monoisotopic (exact) mass is 249 g/mol. The van der Waals surface area contributed by atoms with Crippen molar-refractivity contribution in [3.05, 3.63) is 29.8 Å². The van der Waals surface area contributed by atoms with Crippen LogP contribution in [0.25, 0.3) is 0 Å². The summed E-state index contributed by atoms with van der Waals surface area (Å²) in [5, 5.41) is 9.06. The lowest BCUT2D eigenvalue weighted by molar-refractivity contribution is -0.143. The molecule has 1 aliphatic heterocycles. The molecule has 1 aliphatic rings. The quantitative estimate of drug-likeness (QED) is 0.886. The lowest BCUT2D eigenvalue weighted by atomic mass is 9.98. The number of carbonyl (C=O) groups is 1. The molecule has 1 fully saturated rings. The molecule has 4 heteroatoms. The number of ether oxygens (including phenoxy) is 1. The third kappa shape index (κ3) is 3.23. The molecule has 1 aromatic carbocycles. The Balaban J connectivity index is 1.97. The fourth-order valence-corrected chi connectivity index (χ4v) is 2.43. The fourth-order valence-electron chi connectivity index (χ4n) is 2.43. The molecule has 0 aromatic heterocycles. The summed E-state index contributed by atoms with van der Waals surface area (Å²) in [6, 6.07) is 7.93. The zero-order valence-corrected chi connectivity index (χ0v) is 10.6. The molecule has 1 saturated heterocycles. The maximum Gasteiger partial charge on any atom is 0.307 e. The number of hydrogen-bond acceptors (Lipinski definition) is 3. The standard InChI is InChI=1S/C14H19NO3/c1-18-13-6-2-4-11(8-13)9-15-7-3-5-12(10-15)14(16)17/h2,4,6,8,12H,3,5,7,9-10H2,1H3,(H,16,17). The van der Waals surface area contributed by atoms with Crippen molar-refractivity contribution in [1.29, 1.82) is 0 Å². The highest BCUT2D eigenvalue weighted by Crippen LogP contribution is 2.20. The Morgan fingerprint density at radius 2 is 2.39 bits per heavy atom. The number of methoxy groups -OCH3 is 1. The summed E-state index contributed by atoms with van der Waals surface area (Å²) in [5.74, 6) is -0.0472. The van der Waals surface area contributed by atoms with Crippen LogP contribution in [0.1, 0.15) is 18.4 Å². The van der Waals surface area contributed by atoms with Crippen LogP contribution in [0.2, 0.25) is 0 Å². The van der Waals surface area contributed by atoms with Crippen molar-refractivity contribution in [2.75, 3.05) is 20.2 Å². The van der Waals surface area contributed by atoms with Gasteiger partial charge in [0.1, 0.15) is 5.75 Å². The summed E-state index contributed by atoms with van der Waals surface area (Å²) < 4.78 is 5.19. The zero-order valence-electron chi connectivity index (χ0n) is 10.6. The summed E-state index contributed by atoms with van der Waals surface area (Å²) in [6.07, 6.45) is 1.75. The van der Waals surface area contributed by atoms with Gasteiger partial charge in [-0.2, -0.15) is 0 Å². The third-order valence-corrected chi connectivity index (χ3v) is 3.40. The van der Waals surface area contributed by atoms with E-state index >= 15 is 0 Å². The number of nitrogens with zero attached hydrogens (tertiary/aromatic N) is 1. The Bertz CT molecular complexity index is 419. The minimum Gasteiger partial charge on any atom is -0.497 e. The van der Waals surface area contributed by atoms with Crippen molar-refractivity contribution in [3.63, 3.8) is 0 Å². The second-order valence-corrected chi connectivity index (χ2v) is 4.76. The van der Waals surface area contributed by atoms with Crippen molar-refractivity contribution in [3.8, 4) is 5.75 Å². The highest BCUT2D eigenvalue weighted by atomic mass is 16.5. The molecule has 2 rings (SSSR count). The highest BCUT2D eigenvalue weighted by molar-refractivity contribution is 5.70. The molecule has 1 N–H and O–H groups in total. The number of benzene rings is 1. The predicted molar refractivity (Wildman–Crippen MR) is 68.6 cm³/mol. The Kier molecular flexibility index (Phi) is 4.20. The van der Waals surface area contributed by atoms with Crippen LogP contribution in [0.3, 0.4) is 0 Å². The molecule has 98 valence electrons. The summed E-state index contributed by atoms with van der Waals surface area (Å²) in [4.78, 5) is 13.2. The van der Waals surface area contributed by atoms with E-state index in [0.29, 0.717) is 6.54 Å². The van der Waals surface area contributed by atoms with E-state index in [4.69, 9.17) is 9.84 Å². The Morgan fingerprint density at radius 3 is 3.11 bits per heavy atom. The van der Waals surface area contributed by atoms with E-state index in [9.17, 15) is 4.79 Å². The molecule has 18 heavy (non-hydrogen) atoms. The molecule has 4 nitrogen and oxygen atoms in total. The first-order valence-electron chi connectivity index (χ1n) is 6.27. The van der Waals surface area contributed by atoms with Crippen molar-refractivity contribution >= 4 is 5.97 Å². The molecule has 0 amide bonds. The second-order valence-electron chi connectivity index (χ2n) is 4.76. The second kappa shape index (κ2) is 5.87. The SMILES string of the molecule is COc1cccc(CN2CCCC(C(=O)O)C2)c1. The molecular formula is C14H19NO3. The molecular weight excluding hydrogens is 230 g/mol. The number of carboxylic acid groups (broad SMARTS) is 1. The number of likely N-dealkylation sites (tertiary alicyclic amines) is 1. The Labute approximate surface area is 107 Å². The van der Waals surface area contributed by atoms with E-state index in [2.05, 4.69) is 4.90 Å². The van der Waals surface area contributed by atoms with Crippen LogP contribution < -0.4 is 4.74 Å².